The van der Waals surface area contributed by atoms with E-state index in [0.717, 1.165) is 16.8 Å². The molecule has 0 saturated heterocycles. The Kier molecular flexibility index (Phi) is 5.14. The van der Waals surface area contributed by atoms with E-state index in [9.17, 15) is 14.0 Å². The number of hydrogen-bond donors (Lipinski definition) is 1. The lowest BCUT2D eigenvalue weighted by molar-refractivity contribution is -0.116. The predicted octanol–water partition coefficient (Wildman–Crippen LogP) is 4.66. The van der Waals surface area contributed by atoms with E-state index in [-0.39, 0.29) is 23.8 Å². The minimum Gasteiger partial charge on any atom is -0.324 e. The number of carbonyl (C=O) groups is 2. The van der Waals surface area contributed by atoms with E-state index >= 15 is 0 Å². The summed E-state index contributed by atoms with van der Waals surface area (Å²) in [6.07, 6.45) is 0. The Morgan fingerprint density at radius 1 is 1.00 bits per heavy atom. The smallest absolute Gasteiger partial charge is 0.244 e. The number of anilines is 1. The molecule has 1 N–H and O–H groups in total. The molecule has 1 heterocycles. The molecule has 0 radical (unpaired) electrons. The van der Waals surface area contributed by atoms with Gasteiger partial charge in [-0.05, 0) is 55.3 Å². The third-order valence-corrected chi connectivity index (χ3v) is 4.91. The first kappa shape index (κ1) is 19.5. The predicted molar refractivity (Wildman–Crippen MR) is 114 cm³/mol. The Bertz CT molecular complexity index is 1280. The van der Waals surface area contributed by atoms with Crippen LogP contribution in [0.5, 0.6) is 0 Å². The minimum absolute atomic E-state index is 0.0930. The molecule has 150 valence electrons. The Balaban J connectivity index is 1.71. The van der Waals surface area contributed by atoms with Crippen molar-refractivity contribution in [3.8, 4) is 0 Å². The molecule has 0 aliphatic carbocycles. The van der Waals surface area contributed by atoms with Crippen LogP contribution in [-0.4, -0.2) is 21.2 Å². The fraction of sp³-hybridized carbons (Fsp3) is 0.125. The average molecular weight is 401 g/mol. The number of para-hydroxylation sites is 2. The van der Waals surface area contributed by atoms with Crippen molar-refractivity contribution in [1.29, 1.82) is 0 Å². The number of fused-ring (bicyclic) bond motifs is 1. The standard InChI is InChI=1S/C24H20FN3O2/c1-15-10-11-16(2)20(12-15)26-22(29)14-28-21-9-4-3-8-19(21)27-24(28)23(30)17-6-5-7-18(25)13-17/h3-13H,14H2,1-2H3,(H,26,29). The Morgan fingerprint density at radius 2 is 1.80 bits per heavy atom. The first-order chi connectivity index (χ1) is 14.4. The summed E-state index contributed by atoms with van der Waals surface area (Å²) in [5.74, 6) is -1.13. The second kappa shape index (κ2) is 7.91. The van der Waals surface area contributed by atoms with Crippen molar-refractivity contribution in [3.05, 3.63) is 95.1 Å². The highest BCUT2D eigenvalue weighted by Crippen LogP contribution is 2.21. The van der Waals surface area contributed by atoms with Crippen LogP contribution in [0, 0.1) is 19.7 Å². The second-order valence-electron chi connectivity index (χ2n) is 7.22. The molecular formula is C24H20FN3O2. The maximum Gasteiger partial charge on any atom is 0.244 e. The Labute approximate surface area is 173 Å². The van der Waals surface area contributed by atoms with Crippen LogP contribution in [0.2, 0.25) is 0 Å². The van der Waals surface area contributed by atoms with Gasteiger partial charge in [0.05, 0.1) is 11.0 Å². The fourth-order valence-corrected chi connectivity index (χ4v) is 3.37. The minimum atomic E-state index is -0.504. The zero-order valence-electron chi connectivity index (χ0n) is 16.6. The SMILES string of the molecule is Cc1ccc(C)c(NC(=O)Cn2c(C(=O)c3cccc(F)c3)nc3ccccc32)c1. The number of hydrogen-bond acceptors (Lipinski definition) is 3. The molecule has 0 aliphatic rings. The van der Waals surface area contributed by atoms with Crippen molar-refractivity contribution in [1.82, 2.24) is 9.55 Å². The van der Waals surface area contributed by atoms with Crippen LogP contribution in [0.3, 0.4) is 0 Å². The largest absolute Gasteiger partial charge is 0.324 e. The molecule has 0 aliphatic heterocycles. The summed E-state index contributed by atoms with van der Waals surface area (Å²) in [7, 11) is 0. The summed E-state index contributed by atoms with van der Waals surface area (Å²) in [6, 6.07) is 18.5. The quantitative estimate of drug-likeness (QED) is 0.495. The number of aromatic nitrogens is 2. The molecule has 3 aromatic carbocycles. The maximum absolute atomic E-state index is 13.6. The third kappa shape index (κ3) is 3.85. The van der Waals surface area contributed by atoms with Crippen LogP contribution in [0.25, 0.3) is 11.0 Å². The van der Waals surface area contributed by atoms with Gasteiger partial charge in [-0.2, -0.15) is 0 Å². The highest BCUT2D eigenvalue weighted by atomic mass is 19.1. The molecule has 0 bridgehead atoms. The molecule has 1 amide bonds. The zero-order chi connectivity index (χ0) is 21.3. The van der Waals surface area contributed by atoms with E-state index in [4.69, 9.17) is 0 Å². The normalized spacial score (nSPS) is 10.9. The number of imidazole rings is 1. The van der Waals surface area contributed by atoms with Gasteiger partial charge in [0.25, 0.3) is 0 Å². The second-order valence-corrected chi connectivity index (χ2v) is 7.22. The topological polar surface area (TPSA) is 64.0 Å². The molecule has 30 heavy (non-hydrogen) atoms. The van der Waals surface area contributed by atoms with E-state index in [0.29, 0.717) is 11.0 Å². The zero-order valence-corrected chi connectivity index (χ0v) is 16.6. The number of halogens is 1. The molecule has 6 heteroatoms. The molecule has 0 spiro atoms. The van der Waals surface area contributed by atoms with Crippen LogP contribution in [0.1, 0.15) is 27.3 Å². The lowest BCUT2D eigenvalue weighted by Crippen LogP contribution is -2.22. The molecule has 5 nitrogen and oxygen atoms in total. The highest BCUT2D eigenvalue weighted by Gasteiger charge is 2.21. The number of amides is 1. The number of carbonyl (C=O) groups excluding carboxylic acids is 2. The van der Waals surface area contributed by atoms with Crippen molar-refractivity contribution in [2.24, 2.45) is 0 Å². The van der Waals surface area contributed by atoms with Crippen molar-refractivity contribution >= 4 is 28.4 Å². The molecule has 4 aromatic rings. The van der Waals surface area contributed by atoms with E-state index in [1.165, 1.54) is 24.3 Å². The Hall–Kier alpha value is -3.80. The van der Waals surface area contributed by atoms with Gasteiger partial charge in [-0.3, -0.25) is 9.59 Å². The summed E-state index contributed by atoms with van der Waals surface area (Å²) in [5, 5.41) is 2.91. The van der Waals surface area contributed by atoms with Gasteiger partial charge >= 0.3 is 0 Å². The van der Waals surface area contributed by atoms with Crippen molar-refractivity contribution in [3.63, 3.8) is 0 Å². The van der Waals surface area contributed by atoms with Gasteiger partial charge in [-0.25, -0.2) is 9.37 Å². The molecule has 1 aromatic heterocycles. The average Bonchev–Trinajstić information content (AvgIpc) is 3.08. The van der Waals surface area contributed by atoms with E-state index < -0.39 is 11.6 Å². The molecular weight excluding hydrogens is 381 g/mol. The van der Waals surface area contributed by atoms with Crippen LogP contribution in [-0.2, 0) is 11.3 Å². The van der Waals surface area contributed by atoms with Crippen LogP contribution in [0.15, 0.2) is 66.7 Å². The van der Waals surface area contributed by atoms with Gasteiger partial charge in [0.2, 0.25) is 11.7 Å². The molecule has 0 atom stereocenters. The lowest BCUT2D eigenvalue weighted by Gasteiger charge is -2.12. The van der Waals surface area contributed by atoms with E-state index in [1.807, 2.05) is 44.2 Å². The van der Waals surface area contributed by atoms with Crippen molar-refractivity contribution in [2.75, 3.05) is 5.32 Å². The number of aryl methyl sites for hydroxylation is 2. The lowest BCUT2D eigenvalue weighted by atomic mass is 10.1. The highest BCUT2D eigenvalue weighted by molar-refractivity contribution is 6.08. The fourth-order valence-electron chi connectivity index (χ4n) is 3.37. The Morgan fingerprint density at radius 3 is 2.60 bits per heavy atom. The van der Waals surface area contributed by atoms with Gasteiger partial charge in [0, 0.05) is 11.3 Å². The number of benzene rings is 3. The van der Waals surface area contributed by atoms with Crippen molar-refractivity contribution in [2.45, 2.75) is 20.4 Å². The first-order valence-corrected chi connectivity index (χ1v) is 9.55. The third-order valence-electron chi connectivity index (χ3n) is 4.91. The maximum atomic E-state index is 13.6. The number of nitrogens with one attached hydrogen (secondary N) is 1. The van der Waals surface area contributed by atoms with Gasteiger partial charge in [-0.15, -0.1) is 0 Å². The molecule has 4 rings (SSSR count). The summed E-state index contributed by atoms with van der Waals surface area (Å²) in [6.45, 7) is 3.78. The summed E-state index contributed by atoms with van der Waals surface area (Å²) in [4.78, 5) is 30.3. The summed E-state index contributed by atoms with van der Waals surface area (Å²) in [5.41, 5.74) is 4.14. The number of ketones is 1. The van der Waals surface area contributed by atoms with E-state index in [1.54, 1.807) is 16.7 Å². The van der Waals surface area contributed by atoms with Crippen LogP contribution >= 0.6 is 0 Å². The molecule has 0 fully saturated rings. The van der Waals surface area contributed by atoms with Crippen LogP contribution in [0.4, 0.5) is 10.1 Å². The molecule has 0 saturated carbocycles. The first-order valence-electron chi connectivity index (χ1n) is 9.55. The van der Waals surface area contributed by atoms with Gasteiger partial charge < -0.3 is 9.88 Å². The van der Waals surface area contributed by atoms with Crippen LogP contribution < -0.4 is 5.32 Å². The molecule has 0 unspecified atom stereocenters. The number of nitrogens with zero attached hydrogens (tertiary/aromatic N) is 2. The van der Waals surface area contributed by atoms with E-state index in [2.05, 4.69) is 10.3 Å². The van der Waals surface area contributed by atoms with Crippen molar-refractivity contribution < 1.29 is 14.0 Å². The van der Waals surface area contributed by atoms with Gasteiger partial charge in [-0.1, -0.05) is 36.4 Å². The summed E-state index contributed by atoms with van der Waals surface area (Å²) < 4.78 is 15.2. The van der Waals surface area contributed by atoms with Gasteiger partial charge in [0.1, 0.15) is 12.4 Å². The summed E-state index contributed by atoms with van der Waals surface area (Å²) >= 11 is 0. The number of rotatable bonds is 5. The van der Waals surface area contributed by atoms with Gasteiger partial charge in [0.15, 0.2) is 5.82 Å². The monoisotopic (exact) mass is 401 g/mol.